The van der Waals surface area contributed by atoms with Crippen molar-refractivity contribution >= 4 is 10.0 Å². The van der Waals surface area contributed by atoms with Crippen LogP contribution in [0, 0.1) is 13.8 Å². The number of H-pyrrole nitrogens is 1. The molecule has 1 N–H and O–H groups in total. The van der Waals surface area contributed by atoms with Gasteiger partial charge in [-0.2, -0.15) is 4.31 Å². The normalized spacial score (nSPS) is 19.3. The molecule has 3 rings (SSSR count). The van der Waals surface area contributed by atoms with E-state index in [0.717, 1.165) is 5.56 Å². The Morgan fingerprint density at radius 1 is 1.25 bits per heavy atom. The van der Waals surface area contributed by atoms with E-state index in [1.807, 2.05) is 6.92 Å². The van der Waals surface area contributed by atoms with Crippen LogP contribution in [0.25, 0.3) is 0 Å². The Hall–Kier alpha value is -2.03. The van der Waals surface area contributed by atoms with Crippen LogP contribution in [-0.4, -0.2) is 42.4 Å². The number of sulfonamides is 1. The summed E-state index contributed by atoms with van der Waals surface area (Å²) in [5, 5.41) is 0. The quantitative estimate of drug-likeness (QED) is 0.897. The second kappa shape index (κ2) is 6.46. The van der Waals surface area contributed by atoms with Crippen molar-refractivity contribution in [1.82, 2.24) is 14.3 Å². The predicted molar refractivity (Wildman–Crippen MR) is 88.2 cm³/mol. The lowest BCUT2D eigenvalue weighted by atomic mass is 10.2. The number of aromatic nitrogens is 2. The molecule has 24 heavy (non-hydrogen) atoms. The lowest BCUT2D eigenvalue weighted by molar-refractivity contribution is -0.00515. The first kappa shape index (κ1) is 16.8. The van der Waals surface area contributed by atoms with E-state index < -0.39 is 16.1 Å². The molecule has 8 heteroatoms. The van der Waals surface area contributed by atoms with Crippen LogP contribution in [0.5, 0.6) is 0 Å². The van der Waals surface area contributed by atoms with Crippen molar-refractivity contribution in [3.63, 3.8) is 0 Å². The summed E-state index contributed by atoms with van der Waals surface area (Å²) in [6.45, 7) is 4.24. The van der Waals surface area contributed by atoms with Gasteiger partial charge in [-0.25, -0.2) is 13.4 Å². The zero-order valence-corrected chi connectivity index (χ0v) is 14.3. The number of ether oxygens (including phenoxy) is 1. The molecule has 128 valence electrons. The zero-order valence-electron chi connectivity index (χ0n) is 13.5. The smallest absolute Gasteiger partial charge is 0.251 e. The van der Waals surface area contributed by atoms with Gasteiger partial charge in [0.25, 0.3) is 5.56 Å². The van der Waals surface area contributed by atoms with Gasteiger partial charge in [-0.3, -0.25) is 4.79 Å². The zero-order chi connectivity index (χ0) is 17.3. The van der Waals surface area contributed by atoms with Gasteiger partial charge in [0.15, 0.2) is 0 Å². The minimum atomic E-state index is -3.60. The second-order valence-electron chi connectivity index (χ2n) is 5.79. The van der Waals surface area contributed by atoms with E-state index >= 15 is 0 Å². The van der Waals surface area contributed by atoms with Crippen LogP contribution >= 0.6 is 0 Å². The van der Waals surface area contributed by atoms with Crippen LogP contribution in [0.4, 0.5) is 0 Å². The van der Waals surface area contributed by atoms with Crippen molar-refractivity contribution in [1.29, 1.82) is 0 Å². The van der Waals surface area contributed by atoms with Crippen LogP contribution in [0.15, 0.2) is 40.0 Å². The van der Waals surface area contributed by atoms with Crippen molar-refractivity contribution in [2.45, 2.75) is 24.8 Å². The Balaban J connectivity index is 1.87. The number of aryl methyl sites for hydroxylation is 2. The predicted octanol–water partition coefficient (Wildman–Crippen LogP) is 1.15. The van der Waals surface area contributed by atoms with Gasteiger partial charge in [0, 0.05) is 19.2 Å². The van der Waals surface area contributed by atoms with E-state index in [4.69, 9.17) is 4.74 Å². The molecule has 0 bridgehead atoms. The molecular formula is C16H19N3O4S. The molecule has 0 saturated carbocycles. The third kappa shape index (κ3) is 3.40. The van der Waals surface area contributed by atoms with Crippen LogP contribution in [0.1, 0.15) is 23.2 Å². The highest BCUT2D eigenvalue weighted by Crippen LogP contribution is 2.25. The van der Waals surface area contributed by atoms with Gasteiger partial charge in [0.2, 0.25) is 10.0 Å². The van der Waals surface area contributed by atoms with Gasteiger partial charge < -0.3 is 9.72 Å². The maximum atomic E-state index is 12.8. The van der Waals surface area contributed by atoms with E-state index in [0.29, 0.717) is 11.5 Å². The summed E-state index contributed by atoms with van der Waals surface area (Å²) in [6, 6.07) is 8.09. The number of rotatable bonds is 3. The highest BCUT2D eigenvalue weighted by molar-refractivity contribution is 7.89. The monoisotopic (exact) mass is 349 g/mol. The lowest BCUT2D eigenvalue weighted by Crippen LogP contribution is -2.42. The second-order valence-corrected chi connectivity index (χ2v) is 7.73. The van der Waals surface area contributed by atoms with Crippen molar-refractivity contribution in [3.8, 4) is 0 Å². The topological polar surface area (TPSA) is 92.4 Å². The van der Waals surface area contributed by atoms with E-state index in [9.17, 15) is 13.2 Å². The van der Waals surface area contributed by atoms with Crippen molar-refractivity contribution in [2.24, 2.45) is 0 Å². The standard InChI is InChI=1S/C16H19N3O4S/c1-11-3-5-13(6-4-11)24(21,22)19-7-8-23-15(10-19)14-9-16(20)18-12(2)17-14/h3-6,9,15H,7-8,10H2,1-2H3,(H,17,18,20). The fourth-order valence-electron chi connectivity index (χ4n) is 2.65. The molecule has 0 amide bonds. The maximum Gasteiger partial charge on any atom is 0.251 e. The highest BCUT2D eigenvalue weighted by Gasteiger charge is 2.32. The summed E-state index contributed by atoms with van der Waals surface area (Å²) in [5.41, 5.74) is 1.16. The number of hydrogen-bond acceptors (Lipinski definition) is 5. The van der Waals surface area contributed by atoms with E-state index in [2.05, 4.69) is 9.97 Å². The van der Waals surface area contributed by atoms with Gasteiger partial charge in [0.05, 0.1) is 17.2 Å². The van der Waals surface area contributed by atoms with Crippen LogP contribution in [-0.2, 0) is 14.8 Å². The van der Waals surface area contributed by atoms with Crippen molar-refractivity contribution < 1.29 is 13.2 Å². The average molecular weight is 349 g/mol. The van der Waals surface area contributed by atoms with Gasteiger partial charge >= 0.3 is 0 Å². The van der Waals surface area contributed by atoms with Gasteiger partial charge in [-0.15, -0.1) is 0 Å². The molecule has 1 unspecified atom stereocenters. The van der Waals surface area contributed by atoms with E-state index in [-0.39, 0.29) is 30.2 Å². The minimum Gasteiger partial charge on any atom is -0.369 e. The molecule has 1 aromatic carbocycles. The first-order valence-electron chi connectivity index (χ1n) is 7.62. The lowest BCUT2D eigenvalue weighted by Gasteiger charge is -2.31. The number of nitrogens with zero attached hydrogens (tertiary/aromatic N) is 2. The molecule has 1 atom stereocenters. The summed E-state index contributed by atoms with van der Waals surface area (Å²) in [4.78, 5) is 18.7. The molecule has 1 aromatic heterocycles. The first-order valence-corrected chi connectivity index (χ1v) is 9.06. The van der Waals surface area contributed by atoms with Crippen LogP contribution in [0.2, 0.25) is 0 Å². The Kier molecular flexibility index (Phi) is 4.53. The summed E-state index contributed by atoms with van der Waals surface area (Å²) in [5.74, 6) is 0.472. The number of morpholine rings is 1. The number of hydrogen-bond donors (Lipinski definition) is 1. The largest absolute Gasteiger partial charge is 0.369 e. The van der Waals surface area contributed by atoms with E-state index in [1.165, 1.54) is 10.4 Å². The fraction of sp³-hybridized carbons (Fsp3) is 0.375. The van der Waals surface area contributed by atoms with Crippen LogP contribution in [0.3, 0.4) is 0 Å². The third-order valence-electron chi connectivity index (χ3n) is 3.90. The molecule has 2 heterocycles. The molecule has 7 nitrogen and oxygen atoms in total. The summed E-state index contributed by atoms with van der Waals surface area (Å²) < 4.78 is 32.6. The molecule has 1 saturated heterocycles. The van der Waals surface area contributed by atoms with Gasteiger partial charge in [-0.1, -0.05) is 17.7 Å². The first-order chi connectivity index (χ1) is 11.4. The number of nitrogens with one attached hydrogen (secondary N) is 1. The molecule has 1 fully saturated rings. The summed E-state index contributed by atoms with van der Waals surface area (Å²) >= 11 is 0. The Labute approximate surface area is 140 Å². The average Bonchev–Trinajstić information content (AvgIpc) is 2.54. The molecule has 0 spiro atoms. The number of aromatic amines is 1. The third-order valence-corrected chi connectivity index (χ3v) is 5.78. The van der Waals surface area contributed by atoms with Gasteiger partial charge in [-0.05, 0) is 26.0 Å². The Morgan fingerprint density at radius 3 is 2.62 bits per heavy atom. The fourth-order valence-corrected chi connectivity index (χ4v) is 4.07. The Morgan fingerprint density at radius 2 is 1.96 bits per heavy atom. The van der Waals surface area contributed by atoms with Gasteiger partial charge in [0.1, 0.15) is 11.9 Å². The molecular weight excluding hydrogens is 330 g/mol. The molecule has 1 aliphatic heterocycles. The SMILES string of the molecule is Cc1ccc(S(=O)(=O)N2CCOC(c3cc(=O)[nH]c(C)n3)C2)cc1. The minimum absolute atomic E-state index is 0.131. The molecule has 1 aliphatic rings. The Bertz CT molecular complexity index is 890. The molecule has 2 aromatic rings. The molecule has 0 aliphatic carbocycles. The summed E-state index contributed by atoms with van der Waals surface area (Å²) in [7, 11) is -3.60. The summed E-state index contributed by atoms with van der Waals surface area (Å²) in [6.07, 6.45) is -0.556. The van der Waals surface area contributed by atoms with Crippen molar-refractivity contribution in [2.75, 3.05) is 19.7 Å². The molecule has 0 radical (unpaired) electrons. The van der Waals surface area contributed by atoms with Crippen LogP contribution < -0.4 is 5.56 Å². The van der Waals surface area contributed by atoms with Crippen molar-refractivity contribution in [3.05, 3.63) is 57.8 Å². The number of benzene rings is 1. The maximum absolute atomic E-state index is 12.8. The highest BCUT2D eigenvalue weighted by atomic mass is 32.2. The van der Waals surface area contributed by atoms with E-state index in [1.54, 1.807) is 31.2 Å².